The number of hydrogen-bond acceptors (Lipinski definition) is 4. The first kappa shape index (κ1) is 14.0. The van der Waals surface area contributed by atoms with Crippen LogP contribution < -0.4 is 4.72 Å². The Morgan fingerprint density at radius 1 is 1.26 bits per heavy atom. The Morgan fingerprint density at radius 2 is 2.00 bits per heavy atom. The summed E-state index contributed by atoms with van der Waals surface area (Å²) in [6, 6.07) is 0. The van der Waals surface area contributed by atoms with Crippen LogP contribution in [0, 0.1) is 0 Å². The van der Waals surface area contributed by atoms with Crippen molar-refractivity contribution >= 4 is 21.6 Å². The van der Waals surface area contributed by atoms with Crippen LogP contribution in [0.5, 0.6) is 0 Å². The molecule has 0 saturated heterocycles. The van der Waals surface area contributed by atoms with Crippen LogP contribution in [0.4, 0.5) is 0 Å². The Balaban J connectivity index is 1.94. The van der Waals surface area contributed by atoms with Crippen LogP contribution in [-0.2, 0) is 23.1 Å². The van der Waals surface area contributed by atoms with Crippen LogP contribution in [0.15, 0.2) is 29.7 Å². The van der Waals surface area contributed by atoms with Gasteiger partial charge in [0.15, 0.2) is 0 Å². The fourth-order valence-electron chi connectivity index (χ4n) is 1.49. The van der Waals surface area contributed by atoms with Crippen LogP contribution in [0.1, 0.15) is 6.92 Å². The normalized spacial score (nSPS) is 11.9. The maximum absolute atomic E-state index is 11.9. The van der Waals surface area contributed by atoms with Crippen molar-refractivity contribution in [3.8, 4) is 0 Å². The third kappa shape index (κ3) is 3.55. The summed E-state index contributed by atoms with van der Waals surface area (Å²) in [6.45, 7) is 3.16. The van der Waals surface area contributed by atoms with Gasteiger partial charge in [-0.15, -0.1) is 0 Å². The molecule has 2 heterocycles. The van der Waals surface area contributed by atoms with Gasteiger partial charge in [0.05, 0.1) is 24.0 Å². The second-order valence-corrected chi connectivity index (χ2v) is 6.05. The molecule has 0 fully saturated rings. The Labute approximate surface area is 116 Å². The molecule has 0 aliphatic carbocycles. The van der Waals surface area contributed by atoms with Gasteiger partial charge in [0.1, 0.15) is 4.90 Å². The van der Waals surface area contributed by atoms with E-state index in [1.807, 2.05) is 6.92 Å². The molecule has 7 nitrogen and oxygen atoms in total. The van der Waals surface area contributed by atoms with Crippen molar-refractivity contribution in [2.45, 2.75) is 24.9 Å². The standard InChI is InChI=1S/C10H14ClN5O2S/c1-2-15-8-10(6-13-15)19(17,18)14-3-4-16-7-9(11)5-12-16/h5-8,14H,2-4H2,1H3. The van der Waals surface area contributed by atoms with Crippen molar-refractivity contribution in [2.75, 3.05) is 6.54 Å². The number of halogens is 1. The topological polar surface area (TPSA) is 81.8 Å². The highest BCUT2D eigenvalue weighted by atomic mass is 35.5. The van der Waals surface area contributed by atoms with Crippen LogP contribution >= 0.6 is 11.6 Å². The third-order valence-corrected chi connectivity index (χ3v) is 4.09. The molecular weight excluding hydrogens is 290 g/mol. The second-order valence-electron chi connectivity index (χ2n) is 3.85. The molecule has 0 amide bonds. The maximum atomic E-state index is 11.9. The minimum atomic E-state index is -3.52. The van der Waals surface area contributed by atoms with Crippen molar-refractivity contribution in [1.82, 2.24) is 24.3 Å². The zero-order valence-electron chi connectivity index (χ0n) is 10.3. The Hall–Kier alpha value is -1.38. The van der Waals surface area contributed by atoms with Crippen LogP contribution in [0.3, 0.4) is 0 Å². The van der Waals surface area contributed by atoms with Gasteiger partial charge in [0.2, 0.25) is 10.0 Å². The van der Waals surface area contributed by atoms with Crippen molar-refractivity contribution in [3.63, 3.8) is 0 Å². The average molecular weight is 304 g/mol. The highest BCUT2D eigenvalue weighted by Gasteiger charge is 2.15. The highest BCUT2D eigenvalue weighted by Crippen LogP contribution is 2.07. The number of aromatic nitrogens is 4. The van der Waals surface area contributed by atoms with Gasteiger partial charge in [0.25, 0.3) is 0 Å². The van der Waals surface area contributed by atoms with E-state index in [2.05, 4.69) is 14.9 Å². The summed E-state index contributed by atoms with van der Waals surface area (Å²) < 4.78 is 29.5. The SMILES string of the molecule is CCn1cc(S(=O)(=O)NCCn2cc(Cl)cn2)cn1. The van der Waals surface area contributed by atoms with Crippen LogP contribution in [-0.4, -0.2) is 34.5 Å². The summed E-state index contributed by atoms with van der Waals surface area (Å²) in [5, 5.41) is 8.41. The summed E-state index contributed by atoms with van der Waals surface area (Å²) >= 11 is 5.71. The molecule has 1 N–H and O–H groups in total. The lowest BCUT2D eigenvalue weighted by Gasteiger charge is -2.04. The molecular formula is C10H14ClN5O2S. The van der Waals surface area contributed by atoms with Gasteiger partial charge in [-0.25, -0.2) is 13.1 Å². The van der Waals surface area contributed by atoms with Gasteiger partial charge in [0, 0.05) is 25.5 Å². The average Bonchev–Trinajstić information content (AvgIpc) is 2.98. The molecule has 0 bridgehead atoms. The van der Waals surface area contributed by atoms with Gasteiger partial charge >= 0.3 is 0 Å². The molecule has 19 heavy (non-hydrogen) atoms. The molecule has 0 saturated carbocycles. The predicted octanol–water partition coefficient (Wildman–Crippen LogP) is 0.731. The van der Waals surface area contributed by atoms with E-state index in [1.54, 1.807) is 15.6 Å². The molecule has 0 radical (unpaired) electrons. The fourth-order valence-corrected chi connectivity index (χ4v) is 2.62. The molecule has 2 rings (SSSR count). The Kier molecular flexibility index (Phi) is 4.23. The lowest BCUT2D eigenvalue weighted by Crippen LogP contribution is -2.27. The van der Waals surface area contributed by atoms with Crippen molar-refractivity contribution < 1.29 is 8.42 Å². The first-order valence-electron chi connectivity index (χ1n) is 5.71. The lowest BCUT2D eigenvalue weighted by molar-refractivity contribution is 0.560. The zero-order chi connectivity index (χ0) is 13.9. The summed E-state index contributed by atoms with van der Waals surface area (Å²) in [5.74, 6) is 0. The molecule has 104 valence electrons. The van der Waals surface area contributed by atoms with E-state index >= 15 is 0 Å². The van der Waals surface area contributed by atoms with Gasteiger partial charge in [-0.1, -0.05) is 11.6 Å². The predicted molar refractivity (Wildman–Crippen MR) is 70.3 cm³/mol. The fraction of sp³-hybridized carbons (Fsp3) is 0.400. The largest absolute Gasteiger partial charge is 0.272 e. The first-order valence-corrected chi connectivity index (χ1v) is 7.57. The highest BCUT2D eigenvalue weighted by molar-refractivity contribution is 7.89. The molecule has 9 heteroatoms. The number of hydrogen-bond donors (Lipinski definition) is 1. The smallest absolute Gasteiger partial charge is 0.243 e. The number of rotatable bonds is 6. The summed E-state index contributed by atoms with van der Waals surface area (Å²) in [6.07, 6.45) is 5.95. The quantitative estimate of drug-likeness (QED) is 0.853. The summed E-state index contributed by atoms with van der Waals surface area (Å²) in [7, 11) is -3.52. The molecule has 2 aromatic rings. The van der Waals surface area contributed by atoms with Gasteiger partial charge in [-0.2, -0.15) is 10.2 Å². The van der Waals surface area contributed by atoms with Gasteiger partial charge in [-0.05, 0) is 6.92 Å². The summed E-state index contributed by atoms with van der Waals surface area (Å²) in [5.41, 5.74) is 0. The van der Waals surface area contributed by atoms with E-state index in [-0.39, 0.29) is 11.4 Å². The summed E-state index contributed by atoms with van der Waals surface area (Å²) in [4.78, 5) is 0.160. The van der Waals surface area contributed by atoms with Crippen molar-refractivity contribution in [1.29, 1.82) is 0 Å². The molecule has 2 aromatic heterocycles. The second kappa shape index (κ2) is 5.72. The minimum Gasteiger partial charge on any atom is -0.272 e. The van der Waals surface area contributed by atoms with Gasteiger partial charge < -0.3 is 0 Å². The molecule has 0 aliphatic rings. The van der Waals surface area contributed by atoms with Crippen LogP contribution in [0.25, 0.3) is 0 Å². The molecule has 0 unspecified atom stereocenters. The molecule has 0 spiro atoms. The van der Waals surface area contributed by atoms with Gasteiger partial charge in [-0.3, -0.25) is 9.36 Å². The molecule has 0 aliphatic heterocycles. The lowest BCUT2D eigenvalue weighted by atomic mass is 10.6. The zero-order valence-corrected chi connectivity index (χ0v) is 11.9. The van der Waals surface area contributed by atoms with Crippen LogP contribution in [0.2, 0.25) is 5.02 Å². The van der Waals surface area contributed by atoms with E-state index in [1.165, 1.54) is 18.6 Å². The minimum absolute atomic E-state index is 0.160. The van der Waals surface area contributed by atoms with E-state index in [4.69, 9.17) is 11.6 Å². The third-order valence-electron chi connectivity index (χ3n) is 2.48. The number of nitrogens with zero attached hydrogens (tertiary/aromatic N) is 4. The van der Waals surface area contributed by atoms with E-state index in [9.17, 15) is 8.42 Å². The van der Waals surface area contributed by atoms with E-state index in [0.29, 0.717) is 18.1 Å². The number of sulfonamides is 1. The van der Waals surface area contributed by atoms with E-state index in [0.717, 1.165) is 0 Å². The number of nitrogens with one attached hydrogen (secondary N) is 1. The number of aryl methyl sites for hydroxylation is 1. The maximum Gasteiger partial charge on any atom is 0.243 e. The van der Waals surface area contributed by atoms with E-state index < -0.39 is 10.0 Å². The monoisotopic (exact) mass is 303 g/mol. The van der Waals surface area contributed by atoms with Crippen molar-refractivity contribution in [3.05, 3.63) is 29.8 Å². The molecule has 0 aromatic carbocycles. The Bertz CT molecular complexity index is 648. The first-order chi connectivity index (χ1) is 9.01. The van der Waals surface area contributed by atoms with Crippen molar-refractivity contribution in [2.24, 2.45) is 0 Å². The Morgan fingerprint density at radius 3 is 2.58 bits per heavy atom. The molecule has 0 atom stereocenters.